The Balaban J connectivity index is 1.60. The van der Waals surface area contributed by atoms with Crippen molar-refractivity contribution >= 4 is 28.2 Å². The molecule has 2 heterocycles. The lowest BCUT2D eigenvalue weighted by molar-refractivity contribution is -0.116. The van der Waals surface area contributed by atoms with Gasteiger partial charge in [-0.15, -0.1) is 11.3 Å². The number of amides is 1. The highest BCUT2D eigenvalue weighted by Crippen LogP contribution is 2.38. The van der Waals surface area contributed by atoms with Crippen LogP contribution in [0.4, 0.5) is 5.00 Å². The Bertz CT molecular complexity index is 666. The number of nitrogens with one attached hydrogen (secondary N) is 1. The Morgan fingerprint density at radius 3 is 2.48 bits per heavy atom. The van der Waals surface area contributed by atoms with E-state index in [1.807, 2.05) is 6.92 Å². The van der Waals surface area contributed by atoms with E-state index in [1.165, 1.54) is 4.88 Å². The van der Waals surface area contributed by atoms with Gasteiger partial charge in [0.25, 0.3) is 0 Å². The first-order chi connectivity index (χ1) is 13.1. The number of hydrogen-bond acceptors (Lipinski definition) is 6. The summed E-state index contributed by atoms with van der Waals surface area (Å²) in [6.07, 6.45) is 4.58. The number of ether oxygens (including phenoxy) is 1. The Morgan fingerprint density at radius 1 is 1.07 bits per heavy atom. The van der Waals surface area contributed by atoms with Crippen LogP contribution in [-0.2, 0) is 22.4 Å². The molecule has 27 heavy (non-hydrogen) atoms. The Morgan fingerprint density at radius 2 is 1.78 bits per heavy atom. The third-order valence-corrected chi connectivity index (χ3v) is 6.68. The minimum atomic E-state index is -0.303. The highest BCUT2D eigenvalue weighted by Gasteiger charge is 2.27. The van der Waals surface area contributed by atoms with Gasteiger partial charge < -0.3 is 19.9 Å². The Labute approximate surface area is 165 Å². The smallest absolute Gasteiger partial charge is 0.341 e. The SMILES string of the molecule is CCOC(=O)c1c(NC(=O)CCN2CCN(CC)CC2)sc2c1CCCC2. The van der Waals surface area contributed by atoms with Crippen LogP contribution in [0.1, 0.15) is 53.9 Å². The molecule has 1 saturated heterocycles. The number of piperazine rings is 1. The van der Waals surface area contributed by atoms with Crippen LogP contribution in [0.3, 0.4) is 0 Å². The van der Waals surface area contributed by atoms with E-state index in [4.69, 9.17) is 4.74 Å². The van der Waals surface area contributed by atoms with E-state index in [-0.39, 0.29) is 11.9 Å². The van der Waals surface area contributed by atoms with Crippen molar-refractivity contribution in [2.45, 2.75) is 46.0 Å². The van der Waals surface area contributed by atoms with Gasteiger partial charge in [-0.1, -0.05) is 6.92 Å². The first-order valence-electron chi connectivity index (χ1n) is 10.2. The molecule has 1 aromatic heterocycles. The second kappa shape index (κ2) is 9.66. The van der Waals surface area contributed by atoms with Gasteiger partial charge in [-0.25, -0.2) is 4.79 Å². The monoisotopic (exact) mass is 393 g/mol. The second-order valence-corrected chi connectivity index (χ2v) is 8.31. The van der Waals surface area contributed by atoms with E-state index in [1.54, 1.807) is 11.3 Å². The molecule has 0 bridgehead atoms. The summed E-state index contributed by atoms with van der Waals surface area (Å²) in [5, 5.41) is 3.69. The third kappa shape index (κ3) is 5.09. The van der Waals surface area contributed by atoms with Gasteiger partial charge in [0.05, 0.1) is 12.2 Å². The third-order valence-electron chi connectivity index (χ3n) is 5.47. The molecule has 1 aliphatic heterocycles. The van der Waals surface area contributed by atoms with Crippen molar-refractivity contribution in [3.8, 4) is 0 Å². The van der Waals surface area contributed by atoms with E-state index in [2.05, 4.69) is 22.0 Å². The summed E-state index contributed by atoms with van der Waals surface area (Å²) in [4.78, 5) is 31.0. The number of carbonyl (C=O) groups excluding carboxylic acids is 2. The Kier molecular flexibility index (Phi) is 7.26. The molecule has 0 spiro atoms. The van der Waals surface area contributed by atoms with Gasteiger partial charge in [-0.05, 0) is 44.7 Å². The predicted octanol–water partition coefficient (Wildman–Crippen LogP) is 2.77. The van der Waals surface area contributed by atoms with Crippen molar-refractivity contribution in [1.29, 1.82) is 0 Å². The molecule has 0 saturated carbocycles. The zero-order valence-electron chi connectivity index (χ0n) is 16.5. The van der Waals surface area contributed by atoms with Crippen LogP contribution >= 0.6 is 11.3 Å². The number of rotatable bonds is 7. The van der Waals surface area contributed by atoms with Crippen molar-refractivity contribution in [1.82, 2.24) is 9.80 Å². The fraction of sp³-hybridized carbons (Fsp3) is 0.700. The topological polar surface area (TPSA) is 61.9 Å². The molecular formula is C20H31N3O3S. The molecular weight excluding hydrogens is 362 g/mol. The molecule has 0 atom stereocenters. The molecule has 1 N–H and O–H groups in total. The molecule has 1 amide bonds. The standard InChI is InChI=1S/C20H31N3O3S/c1-3-22-11-13-23(14-12-22)10-9-17(24)21-19-18(20(25)26-4-2)15-7-5-6-8-16(15)27-19/h3-14H2,1-2H3,(H,21,24). The quantitative estimate of drug-likeness (QED) is 0.722. The molecule has 6 nitrogen and oxygen atoms in total. The number of carbonyl (C=O) groups is 2. The maximum atomic E-state index is 12.5. The number of hydrogen-bond donors (Lipinski definition) is 1. The number of nitrogens with zero attached hydrogens (tertiary/aromatic N) is 2. The number of likely N-dealkylation sites (N-methyl/N-ethyl adjacent to an activating group) is 1. The fourth-order valence-corrected chi connectivity index (χ4v) is 5.14. The molecule has 0 aromatic carbocycles. The number of aryl methyl sites for hydroxylation is 1. The number of esters is 1. The fourth-order valence-electron chi connectivity index (χ4n) is 3.85. The van der Waals surface area contributed by atoms with Gasteiger partial charge >= 0.3 is 5.97 Å². The first-order valence-corrected chi connectivity index (χ1v) is 11.0. The van der Waals surface area contributed by atoms with E-state index in [9.17, 15) is 9.59 Å². The molecule has 1 aromatic rings. The second-order valence-electron chi connectivity index (χ2n) is 7.21. The largest absolute Gasteiger partial charge is 0.462 e. The molecule has 0 unspecified atom stereocenters. The van der Waals surface area contributed by atoms with Crippen molar-refractivity contribution in [3.05, 3.63) is 16.0 Å². The van der Waals surface area contributed by atoms with Crippen LogP contribution < -0.4 is 5.32 Å². The lowest BCUT2D eigenvalue weighted by Crippen LogP contribution is -2.46. The number of thiophene rings is 1. The van der Waals surface area contributed by atoms with Crippen LogP contribution in [0.5, 0.6) is 0 Å². The van der Waals surface area contributed by atoms with Gasteiger partial charge in [-0.2, -0.15) is 0 Å². The van der Waals surface area contributed by atoms with Gasteiger partial charge in [0.15, 0.2) is 0 Å². The van der Waals surface area contributed by atoms with Gasteiger partial charge in [0.1, 0.15) is 5.00 Å². The van der Waals surface area contributed by atoms with Crippen molar-refractivity contribution in [2.75, 3.05) is 51.2 Å². The molecule has 2 aliphatic rings. The lowest BCUT2D eigenvalue weighted by atomic mass is 9.95. The summed E-state index contributed by atoms with van der Waals surface area (Å²) in [5.41, 5.74) is 1.69. The van der Waals surface area contributed by atoms with Crippen LogP contribution in [-0.4, -0.2) is 67.6 Å². The van der Waals surface area contributed by atoms with E-state index >= 15 is 0 Å². The van der Waals surface area contributed by atoms with E-state index in [0.29, 0.717) is 23.6 Å². The van der Waals surface area contributed by atoms with Crippen LogP contribution in [0.2, 0.25) is 0 Å². The normalized spacial score (nSPS) is 18.1. The van der Waals surface area contributed by atoms with Crippen LogP contribution in [0.25, 0.3) is 0 Å². The first kappa shape index (κ1) is 20.3. The summed E-state index contributed by atoms with van der Waals surface area (Å²) in [5.74, 6) is -0.319. The van der Waals surface area contributed by atoms with E-state index in [0.717, 1.165) is 70.5 Å². The van der Waals surface area contributed by atoms with Gasteiger partial charge in [-0.3, -0.25) is 4.79 Å². The average molecular weight is 394 g/mol. The van der Waals surface area contributed by atoms with Crippen molar-refractivity contribution in [2.24, 2.45) is 0 Å². The van der Waals surface area contributed by atoms with Crippen molar-refractivity contribution < 1.29 is 14.3 Å². The number of fused-ring (bicyclic) bond motifs is 1. The molecule has 0 radical (unpaired) electrons. The molecule has 3 rings (SSSR count). The summed E-state index contributed by atoms with van der Waals surface area (Å²) in [7, 11) is 0. The molecule has 7 heteroatoms. The van der Waals surface area contributed by atoms with Crippen molar-refractivity contribution in [3.63, 3.8) is 0 Å². The summed E-state index contributed by atoms with van der Waals surface area (Å²) in [6, 6.07) is 0. The van der Waals surface area contributed by atoms with Gasteiger partial charge in [0, 0.05) is 44.0 Å². The molecule has 1 fully saturated rings. The maximum absolute atomic E-state index is 12.5. The van der Waals surface area contributed by atoms with Gasteiger partial charge in [0.2, 0.25) is 5.91 Å². The average Bonchev–Trinajstić information content (AvgIpc) is 3.04. The van der Waals surface area contributed by atoms with Crippen LogP contribution in [0.15, 0.2) is 0 Å². The minimum absolute atomic E-state index is 0.0166. The summed E-state index contributed by atoms with van der Waals surface area (Å²) in [6.45, 7) is 10.4. The summed E-state index contributed by atoms with van der Waals surface area (Å²) >= 11 is 1.56. The highest BCUT2D eigenvalue weighted by atomic mass is 32.1. The zero-order valence-corrected chi connectivity index (χ0v) is 17.3. The lowest BCUT2D eigenvalue weighted by Gasteiger charge is -2.33. The zero-order chi connectivity index (χ0) is 19.2. The predicted molar refractivity (Wildman–Crippen MR) is 109 cm³/mol. The maximum Gasteiger partial charge on any atom is 0.341 e. The Hall–Kier alpha value is -1.44. The van der Waals surface area contributed by atoms with Crippen LogP contribution in [0, 0.1) is 0 Å². The highest BCUT2D eigenvalue weighted by molar-refractivity contribution is 7.17. The minimum Gasteiger partial charge on any atom is -0.462 e. The number of anilines is 1. The molecule has 1 aliphatic carbocycles. The van der Waals surface area contributed by atoms with E-state index < -0.39 is 0 Å². The molecule has 150 valence electrons. The summed E-state index contributed by atoms with van der Waals surface area (Å²) < 4.78 is 5.25.